The SMILES string of the molecule is O=C(COC(=O)CN1C(=O)C2CC=CCC2C1=O)Nc1cccc(F)c1. The molecule has 1 fully saturated rings. The molecule has 8 heteroatoms. The second-order valence-electron chi connectivity index (χ2n) is 6.14. The summed E-state index contributed by atoms with van der Waals surface area (Å²) in [5, 5.41) is 2.38. The predicted octanol–water partition coefficient (Wildman–Crippen LogP) is 1.26. The molecule has 0 spiro atoms. The van der Waals surface area contributed by atoms with Crippen molar-refractivity contribution in [1.82, 2.24) is 4.90 Å². The second-order valence-corrected chi connectivity index (χ2v) is 6.14. The average molecular weight is 360 g/mol. The van der Waals surface area contributed by atoms with E-state index < -0.39 is 42.7 Å². The van der Waals surface area contributed by atoms with Crippen LogP contribution in [0.5, 0.6) is 0 Å². The summed E-state index contributed by atoms with van der Waals surface area (Å²) in [4.78, 5) is 49.0. The molecule has 2 atom stereocenters. The van der Waals surface area contributed by atoms with Gasteiger partial charge in [0.05, 0.1) is 11.8 Å². The number of carbonyl (C=O) groups is 4. The van der Waals surface area contributed by atoms with Crippen LogP contribution in [0.4, 0.5) is 10.1 Å². The third-order valence-electron chi connectivity index (χ3n) is 4.36. The smallest absolute Gasteiger partial charge is 0.326 e. The highest BCUT2D eigenvalue weighted by Gasteiger charge is 2.47. The van der Waals surface area contributed by atoms with E-state index >= 15 is 0 Å². The Hall–Kier alpha value is -3.03. The maximum absolute atomic E-state index is 13.0. The summed E-state index contributed by atoms with van der Waals surface area (Å²) in [6.07, 6.45) is 4.67. The molecule has 2 aliphatic rings. The van der Waals surface area contributed by atoms with Gasteiger partial charge in [-0.05, 0) is 31.0 Å². The van der Waals surface area contributed by atoms with Crippen LogP contribution >= 0.6 is 0 Å². The number of benzene rings is 1. The van der Waals surface area contributed by atoms with Gasteiger partial charge in [0.2, 0.25) is 11.8 Å². The number of halogens is 1. The number of esters is 1. The third kappa shape index (κ3) is 3.79. The molecule has 3 rings (SSSR count). The molecule has 7 nitrogen and oxygen atoms in total. The van der Waals surface area contributed by atoms with Crippen LogP contribution in [0.1, 0.15) is 12.8 Å². The molecule has 1 aliphatic carbocycles. The van der Waals surface area contributed by atoms with Crippen LogP contribution in [0.15, 0.2) is 36.4 Å². The summed E-state index contributed by atoms with van der Waals surface area (Å²) in [6.45, 7) is -1.11. The van der Waals surface area contributed by atoms with Gasteiger partial charge in [0.1, 0.15) is 12.4 Å². The highest BCUT2D eigenvalue weighted by atomic mass is 19.1. The first-order valence-electron chi connectivity index (χ1n) is 8.17. The summed E-state index contributed by atoms with van der Waals surface area (Å²) in [5.41, 5.74) is 0.229. The van der Waals surface area contributed by atoms with Crippen molar-refractivity contribution in [3.8, 4) is 0 Å². The Morgan fingerprint density at radius 3 is 2.42 bits per heavy atom. The summed E-state index contributed by atoms with van der Waals surface area (Å²) >= 11 is 0. The number of ether oxygens (including phenoxy) is 1. The fourth-order valence-corrected chi connectivity index (χ4v) is 3.11. The molecule has 1 saturated heterocycles. The van der Waals surface area contributed by atoms with Gasteiger partial charge in [-0.3, -0.25) is 24.1 Å². The van der Waals surface area contributed by atoms with Crippen molar-refractivity contribution in [3.05, 3.63) is 42.2 Å². The van der Waals surface area contributed by atoms with Crippen LogP contribution in [-0.4, -0.2) is 41.7 Å². The van der Waals surface area contributed by atoms with Crippen molar-refractivity contribution in [2.24, 2.45) is 11.8 Å². The minimum Gasteiger partial charge on any atom is -0.454 e. The number of rotatable bonds is 5. The Kier molecular flexibility index (Phi) is 5.11. The zero-order chi connectivity index (χ0) is 18.7. The van der Waals surface area contributed by atoms with E-state index in [0.717, 1.165) is 11.0 Å². The van der Waals surface area contributed by atoms with E-state index in [1.807, 2.05) is 12.2 Å². The number of hydrogen-bond donors (Lipinski definition) is 1. The molecule has 0 bridgehead atoms. The number of allylic oxidation sites excluding steroid dienone is 2. The van der Waals surface area contributed by atoms with Crippen LogP contribution in [0.2, 0.25) is 0 Å². The van der Waals surface area contributed by atoms with Crippen molar-refractivity contribution < 1.29 is 28.3 Å². The lowest BCUT2D eigenvalue weighted by molar-refractivity contribution is -0.154. The van der Waals surface area contributed by atoms with E-state index in [1.54, 1.807) is 0 Å². The normalized spacial score (nSPS) is 21.5. The van der Waals surface area contributed by atoms with Crippen molar-refractivity contribution in [1.29, 1.82) is 0 Å². The first kappa shape index (κ1) is 17.8. The minimum atomic E-state index is -0.854. The summed E-state index contributed by atoms with van der Waals surface area (Å²) in [6, 6.07) is 5.26. The summed E-state index contributed by atoms with van der Waals surface area (Å²) < 4.78 is 17.9. The monoisotopic (exact) mass is 360 g/mol. The van der Waals surface area contributed by atoms with Gasteiger partial charge < -0.3 is 10.1 Å². The maximum Gasteiger partial charge on any atom is 0.326 e. The molecule has 1 aromatic carbocycles. The topological polar surface area (TPSA) is 92.8 Å². The fraction of sp³-hybridized carbons (Fsp3) is 0.333. The van der Waals surface area contributed by atoms with Crippen LogP contribution in [0.3, 0.4) is 0 Å². The number of likely N-dealkylation sites (tertiary alicyclic amines) is 1. The Balaban J connectivity index is 1.49. The lowest BCUT2D eigenvalue weighted by atomic mass is 9.85. The number of nitrogens with zero attached hydrogens (tertiary/aromatic N) is 1. The number of anilines is 1. The van der Waals surface area contributed by atoms with Crippen molar-refractivity contribution in [3.63, 3.8) is 0 Å². The number of nitrogens with one attached hydrogen (secondary N) is 1. The van der Waals surface area contributed by atoms with Gasteiger partial charge in [-0.25, -0.2) is 4.39 Å². The van der Waals surface area contributed by atoms with Gasteiger partial charge in [-0.15, -0.1) is 0 Å². The number of hydrogen-bond acceptors (Lipinski definition) is 5. The van der Waals surface area contributed by atoms with Crippen molar-refractivity contribution in [2.75, 3.05) is 18.5 Å². The van der Waals surface area contributed by atoms with Crippen molar-refractivity contribution >= 4 is 29.4 Å². The predicted molar refractivity (Wildman–Crippen MR) is 88.1 cm³/mol. The lowest BCUT2D eigenvalue weighted by Crippen LogP contribution is -2.37. The molecule has 1 aromatic rings. The van der Waals surface area contributed by atoms with Gasteiger partial charge in [-0.1, -0.05) is 18.2 Å². The van der Waals surface area contributed by atoms with Gasteiger partial charge >= 0.3 is 5.97 Å². The molecular formula is C18H17FN2O5. The first-order chi connectivity index (χ1) is 12.5. The van der Waals surface area contributed by atoms with Gasteiger partial charge in [0.15, 0.2) is 6.61 Å². The van der Waals surface area contributed by atoms with E-state index in [4.69, 9.17) is 4.74 Å². The van der Waals surface area contributed by atoms with E-state index in [1.165, 1.54) is 18.2 Å². The van der Waals surface area contributed by atoms with Crippen molar-refractivity contribution in [2.45, 2.75) is 12.8 Å². The Morgan fingerprint density at radius 1 is 1.15 bits per heavy atom. The zero-order valence-electron chi connectivity index (χ0n) is 13.8. The number of fused-ring (bicyclic) bond motifs is 1. The van der Waals surface area contributed by atoms with Crippen LogP contribution in [-0.2, 0) is 23.9 Å². The Bertz CT molecular complexity index is 766. The second kappa shape index (κ2) is 7.47. The average Bonchev–Trinajstić information content (AvgIpc) is 2.85. The number of amides is 3. The fourth-order valence-electron chi connectivity index (χ4n) is 3.11. The molecule has 2 unspecified atom stereocenters. The molecule has 1 N–H and O–H groups in total. The molecular weight excluding hydrogens is 343 g/mol. The highest BCUT2D eigenvalue weighted by Crippen LogP contribution is 2.34. The van der Waals surface area contributed by atoms with Crippen LogP contribution < -0.4 is 5.32 Å². The largest absolute Gasteiger partial charge is 0.454 e. The molecule has 1 heterocycles. The molecule has 3 amide bonds. The zero-order valence-corrected chi connectivity index (χ0v) is 13.8. The molecule has 136 valence electrons. The van der Waals surface area contributed by atoms with Gasteiger partial charge in [-0.2, -0.15) is 0 Å². The molecule has 26 heavy (non-hydrogen) atoms. The van der Waals surface area contributed by atoms with Crippen LogP contribution in [0.25, 0.3) is 0 Å². The Morgan fingerprint density at radius 2 is 1.81 bits per heavy atom. The first-order valence-corrected chi connectivity index (χ1v) is 8.17. The summed E-state index contributed by atoms with van der Waals surface area (Å²) in [7, 11) is 0. The standard InChI is InChI=1S/C18H17FN2O5/c19-11-4-3-5-12(8-11)20-15(22)10-26-16(23)9-21-17(24)13-6-1-2-7-14(13)18(21)25/h1-5,8,13-14H,6-7,9-10H2,(H,20,22). The van der Waals surface area contributed by atoms with E-state index in [2.05, 4.69) is 5.32 Å². The van der Waals surface area contributed by atoms with Crippen LogP contribution in [0, 0.1) is 17.7 Å². The maximum atomic E-state index is 13.0. The van der Waals surface area contributed by atoms with E-state index in [0.29, 0.717) is 12.8 Å². The molecule has 1 aliphatic heterocycles. The minimum absolute atomic E-state index is 0.229. The molecule has 0 aromatic heterocycles. The lowest BCUT2D eigenvalue weighted by Gasteiger charge is -2.14. The number of imide groups is 1. The van der Waals surface area contributed by atoms with Gasteiger partial charge in [0, 0.05) is 5.69 Å². The third-order valence-corrected chi connectivity index (χ3v) is 4.36. The quantitative estimate of drug-likeness (QED) is 0.485. The molecule has 0 saturated carbocycles. The molecule has 0 radical (unpaired) electrons. The number of carbonyl (C=O) groups excluding carboxylic acids is 4. The van der Waals surface area contributed by atoms with Gasteiger partial charge in [0.25, 0.3) is 5.91 Å². The highest BCUT2D eigenvalue weighted by molar-refractivity contribution is 6.07. The Labute approximate surface area is 148 Å². The van der Waals surface area contributed by atoms with E-state index in [-0.39, 0.29) is 17.5 Å². The summed E-state index contributed by atoms with van der Waals surface area (Å²) in [5.74, 6) is -3.63. The van der Waals surface area contributed by atoms with E-state index in [9.17, 15) is 23.6 Å².